The van der Waals surface area contributed by atoms with Crippen LogP contribution in [0.2, 0.25) is 0 Å². The van der Waals surface area contributed by atoms with E-state index in [-0.39, 0.29) is 11.4 Å². The Kier molecular flexibility index (Phi) is 4.43. The minimum Gasteiger partial charge on any atom is -0.481 e. The molecule has 0 aliphatic carbocycles. The molecule has 1 aromatic carbocycles. The van der Waals surface area contributed by atoms with Crippen LogP contribution in [-0.4, -0.2) is 32.5 Å². The number of rotatable bonds is 5. The Labute approximate surface area is 140 Å². The average molecular weight is 345 g/mol. The molecule has 2 heterocycles. The van der Waals surface area contributed by atoms with Crippen molar-refractivity contribution in [3.63, 3.8) is 0 Å². The molecule has 0 saturated carbocycles. The number of carboxylic acids is 1. The van der Waals surface area contributed by atoms with Gasteiger partial charge in [-0.15, -0.1) is 5.10 Å². The van der Waals surface area contributed by atoms with Crippen LogP contribution < -0.4 is 0 Å². The number of benzene rings is 1. The van der Waals surface area contributed by atoms with E-state index >= 15 is 0 Å². The Balaban J connectivity index is 1.76. The number of nitro groups is 1. The molecule has 0 spiro atoms. The molecule has 0 atom stereocenters. The number of hydrogen-bond acceptors (Lipinski definition) is 7. The number of carbonyl (C=O) groups is 1. The molecule has 1 aliphatic rings. The first-order chi connectivity index (χ1) is 11.5. The van der Waals surface area contributed by atoms with Crippen molar-refractivity contribution in [1.29, 1.82) is 0 Å². The summed E-state index contributed by atoms with van der Waals surface area (Å²) in [6, 6.07) is 9.62. The quantitative estimate of drug-likeness (QED) is 0.656. The highest BCUT2D eigenvalue weighted by Crippen LogP contribution is 2.31. The van der Waals surface area contributed by atoms with E-state index in [1.807, 2.05) is 0 Å². The van der Waals surface area contributed by atoms with E-state index in [1.165, 1.54) is 6.07 Å². The SMILES string of the molecule is O=C(O)CSC1=NN=C(c2ccc(-c3ccccc3[N+](=O)[O-])o2)C1. The topological polar surface area (TPSA) is 118 Å². The lowest BCUT2D eigenvalue weighted by Gasteiger charge is -2.00. The summed E-state index contributed by atoms with van der Waals surface area (Å²) in [5.74, 6) is -0.182. The molecule has 0 fully saturated rings. The highest BCUT2D eigenvalue weighted by Gasteiger charge is 2.21. The summed E-state index contributed by atoms with van der Waals surface area (Å²) < 4.78 is 5.68. The molecule has 0 amide bonds. The van der Waals surface area contributed by atoms with E-state index in [0.29, 0.717) is 34.3 Å². The van der Waals surface area contributed by atoms with Crippen LogP contribution in [0.25, 0.3) is 11.3 Å². The third-order valence-electron chi connectivity index (χ3n) is 3.22. The summed E-state index contributed by atoms with van der Waals surface area (Å²) in [7, 11) is 0. The van der Waals surface area contributed by atoms with Gasteiger partial charge in [-0.05, 0) is 18.2 Å². The normalized spacial score (nSPS) is 13.5. The Morgan fingerprint density at radius 2 is 2.00 bits per heavy atom. The van der Waals surface area contributed by atoms with Crippen molar-refractivity contribution < 1.29 is 19.2 Å². The van der Waals surface area contributed by atoms with Gasteiger partial charge in [-0.1, -0.05) is 23.9 Å². The Hall–Kier alpha value is -2.94. The zero-order chi connectivity index (χ0) is 17.1. The average Bonchev–Trinajstić information content (AvgIpc) is 3.22. The number of nitrogens with zero attached hydrogens (tertiary/aromatic N) is 3. The summed E-state index contributed by atoms with van der Waals surface area (Å²) >= 11 is 1.10. The monoisotopic (exact) mass is 345 g/mol. The maximum absolute atomic E-state index is 11.1. The lowest BCUT2D eigenvalue weighted by atomic mass is 10.1. The summed E-state index contributed by atoms with van der Waals surface area (Å²) in [5.41, 5.74) is 0.905. The van der Waals surface area contributed by atoms with Gasteiger partial charge in [0.15, 0.2) is 5.76 Å². The molecule has 0 saturated heterocycles. The second-order valence-corrected chi connectivity index (χ2v) is 5.89. The molecule has 1 aliphatic heterocycles. The largest absolute Gasteiger partial charge is 0.481 e. The van der Waals surface area contributed by atoms with Gasteiger partial charge < -0.3 is 9.52 Å². The number of furan rings is 1. The van der Waals surface area contributed by atoms with Gasteiger partial charge in [-0.3, -0.25) is 14.9 Å². The van der Waals surface area contributed by atoms with E-state index in [1.54, 1.807) is 30.3 Å². The highest BCUT2D eigenvalue weighted by atomic mass is 32.2. The number of carboxylic acid groups (broad SMARTS) is 1. The molecule has 8 nitrogen and oxygen atoms in total. The molecule has 2 aromatic rings. The summed E-state index contributed by atoms with van der Waals surface area (Å²) in [4.78, 5) is 21.2. The van der Waals surface area contributed by atoms with Crippen molar-refractivity contribution in [3.8, 4) is 11.3 Å². The molecule has 1 N–H and O–H groups in total. The minimum absolute atomic E-state index is 0.0410. The van der Waals surface area contributed by atoms with Crippen LogP contribution in [0.3, 0.4) is 0 Å². The Bertz CT molecular complexity index is 871. The maximum atomic E-state index is 11.1. The van der Waals surface area contributed by atoms with Crippen molar-refractivity contribution in [2.45, 2.75) is 6.42 Å². The van der Waals surface area contributed by atoms with Crippen molar-refractivity contribution in [1.82, 2.24) is 0 Å². The van der Waals surface area contributed by atoms with Crippen LogP contribution >= 0.6 is 11.8 Å². The second kappa shape index (κ2) is 6.67. The molecule has 3 rings (SSSR count). The molecule has 0 bridgehead atoms. The summed E-state index contributed by atoms with van der Waals surface area (Å²) in [6.45, 7) is 0. The number of nitro benzene ring substituents is 1. The second-order valence-electron chi connectivity index (χ2n) is 4.84. The predicted molar refractivity (Wildman–Crippen MR) is 89.5 cm³/mol. The first-order valence-electron chi connectivity index (χ1n) is 6.86. The minimum atomic E-state index is -0.923. The summed E-state index contributed by atoms with van der Waals surface area (Å²) in [5, 5.41) is 28.3. The number of thioether (sulfide) groups is 1. The van der Waals surface area contributed by atoms with Gasteiger partial charge in [-0.2, -0.15) is 5.10 Å². The van der Waals surface area contributed by atoms with E-state index in [4.69, 9.17) is 9.52 Å². The fourth-order valence-corrected chi connectivity index (χ4v) is 2.80. The Morgan fingerprint density at radius 3 is 2.75 bits per heavy atom. The lowest BCUT2D eigenvalue weighted by Crippen LogP contribution is -2.04. The van der Waals surface area contributed by atoms with Gasteiger partial charge in [-0.25, -0.2) is 0 Å². The lowest BCUT2D eigenvalue weighted by molar-refractivity contribution is -0.384. The van der Waals surface area contributed by atoms with Crippen molar-refractivity contribution in [3.05, 3.63) is 52.3 Å². The molecular weight excluding hydrogens is 334 g/mol. The fourth-order valence-electron chi connectivity index (χ4n) is 2.17. The van der Waals surface area contributed by atoms with Gasteiger partial charge in [0.1, 0.15) is 16.5 Å². The van der Waals surface area contributed by atoms with Gasteiger partial charge in [0.05, 0.1) is 16.2 Å². The zero-order valence-corrected chi connectivity index (χ0v) is 13.0. The number of para-hydroxylation sites is 1. The van der Waals surface area contributed by atoms with Gasteiger partial charge in [0, 0.05) is 12.5 Å². The van der Waals surface area contributed by atoms with E-state index in [9.17, 15) is 14.9 Å². The van der Waals surface area contributed by atoms with Crippen LogP contribution in [0, 0.1) is 10.1 Å². The standard InChI is InChI=1S/C15H11N3O5S/c19-15(20)8-24-14-7-10(16-17-14)13-6-5-12(23-13)9-3-1-2-4-11(9)18(21)22/h1-6H,7-8H2,(H,19,20). The van der Waals surface area contributed by atoms with Crippen LogP contribution in [0.5, 0.6) is 0 Å². The number of hydrogen-bond donors (Lipinski definition) is 1. The van der Waals surface area contributed by atoms with Crippen LogP contribution in [-0.2, 0) is 4.79 Å². The molecular formula is C15H11N3O5S. The third-order valence-corrected chi connectivity index (χ3v) is 4.17. The van der Waals surface area contributed by atoms with Gasteiger partial charge in [0.25, 0.3) is 5.69 Å². The maximum Gasteiger partial charge on any atom is 0.313 e. The van der Waals surface area contributed by atoms with Crippen LogP contribution in [0.4, 0.5) is 5.69 Å². The zero-order valence-electron chi connectivity index (χ0n) is 12.2. The van der Waals surface area contributed by atoms with Crippen molar-refractivity contribution >= 4 is 34.2 Å². The Morgan fingerprint density at radius 1 is 1.25 bits per heavy atom. The predicted octanol–water partition coefficient (Wildman–Crippen LogP) is 3.18. The van der Waals surface area contributed by atoms with Crippen molar-refractivity contribution in [2.24, 2.45) is 10.2 Å². The third kappa shape index (κ3) is 3.35. The fraction of sp³-hybridized carbons (Fsp3) is 0.133. The molecule has 0 unspecified atom stereocenters. The molecule has 9 heteroatoms. The molecule has 0 radical (unpaired) electrons. The van der Waals surface area contributed by atoms with E-state index < -0.39 is 10.9 Å². The van der Waals surface area contributed by atoms with Crippen LogP contribution in [0.1, 0.15) is 12.2 Å². The molecule has 1 aromatic heterocycles. The first kappa shape index (κ1) is 15.9. The van der Waals surface area contributed by atoms with Gasteiger partial charge >= 0.3 is 5.97 Å². The van der Waals surface area contributed by atoms with Crippen LogP contribution in [0.15, 0.2) is 51.0 Å². The smallest absolute Gasteiger partial charge is 0.313 e. The van der Waals surface area contributed by atoms with E-state index in [0.717, 1.165) is 11.8 Å². The first-order valence-corrected chi connectivity index (χ1v) is 7.85. The van der Waals surface area contributed by atoms with Gasteiger partial charge in [0.2, 0.25) is 0 Å². The molecule has 122 valence electrons. The molecule has 24 heavy (non-hydrogen) atoms. The summed E-state index contributed by atoms with van der Waals surface area (Å²) in [6.07, 6.45) is 0.377. The van der Waals surface area contributed by atoms with E-state index in [2.05, 4.69) is 10.2 Å². The highest BCUT2D eigenvalue weighted by molar-refractivity contribution is 8.14. The number of aliphatic carboxylic acids is 1. The van der Waals surface area contributed by atoms with Crippen molar-refractivity contribution in [2.75, 3.05) is 5.75 Å².